The van der Waals surface area contributed by atoms with Crippen LogP contribution in [0.5, 0.6) is 5.75 Å². The Hall–Kier alpha value is -2.75. The Labute approximate surface area is 130 Å². The summed E-state index contributed by atoms with van der Waals surface area (Å²) in [5, 5.41) is 9.34. The summed E-state index contributed by atoms with van der Waals surface area (Å²) in [7, 11) is 4.07. The zero-order valence-corrected chi connectivity index (χ0v) is 12.8. The number of nitrogens with zero attached hydrogens (tertiary/aromatic N) is 3. The van der Waals surface area contributed by atoms with Crippen LogP contribution in [0.25, 0.3) is 11.3 Å². The van der Waals surface area contributed by atoms with Crippen molar-refractivity contribution in [1.29, 1.82) is 0 Å². The number of benzene rings is 2. The summed E-state index contributed by atoms with van der Waals surface area (Å²) in [6.07, 6.45) is 3.86. The topological polar surface area (TPSA) is 41.3 Å². The molecule has 0 aliphatic rings. The summed E-state index contributed by atoms with van der Waals surface area (Å²) in [6, 6.07) is 15.6. The lowest BCUT2D eigenvalue weighted by Gasteiger charge is -2.12. The molecule has 0 amide bonds. The van der Waals surface area contributed by atoms with E-state index in [4.69, 9.17) is 0 Å². The van der Waals surface area contributed by atoms with Gasteiger partial charge in [-0.2, -0.15) is 0 Å². The van der Waals surface area contributed by atoms with Gasteiger partial charge in [0.25, 0.3) is 0 Å². The number of aromatic hydroxyl groups is 1. The van der Waals surface area contributed by atoms with E-state index in [1.165, 1.54) is 11.3 Å². The van der Waals surface area contributed by atoms with Crippen LogP contribution in [0.15, 0.2) is 61.1 Å². The summed E-state index contributed by atoms with van der Waals surface area (Å²) in [4.78, 5) is 6.52. The van der Waals surface area contributed by atoms with Crippen molar-refractivity contribution in [1.82, 2.24) is 9.55 Å². The van der Waals surface area contributed by atoms with Crippen molar-refractivity contribution in [2.45, 2.75) is 6.54 Å². The highest BCUT2D eigenvalue weighted by Gasteiger charge is 2.03. The molecule has 0 saturated heterocycles. The minimum Gasteiger partial charge on any atom is -0.508 e. The molecule has 22 heavy (non-hydrogen) atoms. The summed E-state index contributed by atoms with van der Waals surface area (Å²) in [5.41, 5.74) is 4.34. The highest BCUT2D eigenvalue weighted by molar-refractivity contribution is 5.59. The molecule has 0 radical (unpaired) electrons. The van der Waals surface area contributed by atoms with E-state index in [-0.39, 0.29) is 5.75 Å². The van der Waals surface area contributed by atoms with Crippen LogP contribution in [-0.4, -0.2) is 28.8 Å². The van der Waals surface area contributed by atoms with Crippen LogP contribution < -0.4 is 4.90 Å². The van der Waals surface area contributed by atoms with Gasteiger partial charge in [0.05, 0.1) is 12.0 Å². The molecule has 0 atom stereocenters. The quantitative estimate of drug-likeness (QED) is 0.802. The Bertz CT molecular complexity index is 743. The van der Waals surface area contributed by atoms with E-state index in [9.17, 15) is 5.11 Å². The second-order valence-corrected chi connectivity index (χ2v) is 5.54. The fourth-order valence-corrected chi connectivity index (χ4v) is 2.34. The van der Waals surface area contributed by atoms with Crippen LogP contribution >= 0.6 is 0 Å². The average molecular weight is 293 g/mol. The highest BCUT2D eigenvalue weighted by atomic mass is 16.3. The van der Waals surface area contributed by atoms with Gasteiger partial charge >= 0.3 is 0 Å². The minimum atomic E-state index is 0.268. The van der Waals surface area contributed by atoms with Crippen molar-refractivity contribution >= 4 is 5.69 Å². The molecule has 3 rings (SSSR count). The molecule has 0 saturated carbocycles. The van der Waals surface area contributed by atoms with E-state index >= 15 is 0 Å². The zero-order valence-electron chi connectivity index (χ0n) is 12.8. The van der Waals surface area contributed by atoms with Crippen molar-refractivity contribution in [2.24, 2.45) is 0 Å². The van der Waals surface area contributed by atoms with Crippen molar-refractivity contribution in [2.75, 3.05) is 19.0 Å². The number of hydrogen-bond acceptors (Lipinski definition) is 3. The van der Waals surface area contributed by atoms with Gasteiger partial charge in [0.1, 0.15) is 5.75 Å². The van der Waals surface area contributed by atoms with Crippen LogP contribution in [-0.2, 0) is 6.54 Å². The molecule has 112 valence electrons. The molecule has 4 heteroatoms. The number of phenolic OH excluding ortho intramolecular Hbond substituents is 1. The van der Waals surface area contributed by atoms with Gasteiger partial charge in [0.15, 0.2) is 0 Å². The first-order chi connectivity index (χ1) is 10.6. The van der Waals surface area contributed by atoms with Crippen molar-refractivity contribution in [3.63, 3.8) is 0 Å². The molecular weight excluding hydrogens is 274 g/mol. The van der Waals surface area contributed by atoms with E-state index in [1.807, 2.05) is 38.8 Å². The molecule has 0 bridgehead atoms. The minimum absolute atomic E-state index is 0.268. The maximum atomic E-state index is 9.34. The first-order valence-electron chi connectivity index (χ1n) is 7.19. The summed E-state index contributed by atoms with van der Waals surface area (Å²) >= 11 is 0. The third kappa shape index (κ3) is 3.11. The Morgan fingerprint density at radius 2 is 1.68 bits per heavy atom. The smallest absolute Gasteiger partial charge is 0.115 e. The van der Waals surface area contributed by atoms with Crippen LogP contribution in [0.1, 0.15) is 5.56 Å². The lowest BCUT2D eigenvalue weighted by atomic mass is 10.1. The molecular formula is C18H19N3O. The fourth-order valence-electron chi connectivity index (χ4n) is 2.34. The molecule has 2 aromatic carbocycles. The highest BCUT2D eigenvalue weighted by Crippen LogP contribution is 2.20. The van der Waals surface area contributed by atoms with Gasteiger partial charge in [-0.05, 0) is 42.0 Å². The number of aromatic nitrogens is 2. The molecule has 1 aromatic heterocycles. The average Bonchev–Trinajstić information content (AvgIpc) is 2.97. The lowest BCUT2D eigenvalue weighted by molar-refractivity contribution is 0.475. The Balaban J connectivity index is 1.75. The van der Waals surface area contributed by atoms with Crippen molar-refractivity contribution < 1.29 is 5.11 Å². The molecule has 0 unspecified atom stereocenters. The Morgan fingerprint density at radius 1 is 1.00 bits per heavy atom. The van der Waals surface area contributed by atoms with E-state index in [0.29, 0.717) is 0 Å². The third-order valence-electron chi connectivity index (χ3n) is 3.61. The van der Waals surface area contributed by atoms with Crippen molar-refractivity contribution in [3.05, 3.63) is 66.6 Å². The summed E-state index contributed by atoms with van der Waals surface area (Å²) < 4.78 is 2.06. The van der Waals surface area contributed by atoms with Gasteiger partial charge in [0.2, 0.25) is 0 Å². The standard InChI is InChI=1S/C18H19N3O/c1-20(2)16-7-3-14(4-8-16)11-21-12-18(19-13-21)15-5-9-17(22)10-6-15/h3-10,12-13,22H,11H2,1-2H3. The van der Waals surface area contributed by atoms with Crippen LogP contribution in [0.4, 0.5) is 5.69 Å². The molecule has 3 aromatic rings. The van der Waals surface area contributed by atoms with Gasteiger partial charge in [0, 0.05) is 38.1 Å². The molecule has 0 aliphatic carbocycles. The molecule has 0 aliphatic heterocycles. The van der Waals surface area contributed by atoms with Crippen LogP contribution in [0.3, 0.4) is 0 Å². The SMILES string of the molecule is CN(C)c1ccc(Cn2cnc(-c3ccc(O)cc3)c2)cc1. The fraction of sp³-hybridized carbons (Fsp3) is 0.167. The van der Waals surface area contributed by atoms with Gasteiger partial charge in [-0.25, -0.2) is 4.98 Å². The maximum Gasteiger partial charge on any atom is 0.115 e. The summed E-state index contributed by atoms with van der Waals surface area (Å²) in [5.74, 6) is 0.268. The first kappa shape index (κ1) is 14.2. The molecule has 4 nitrogen and oxygen atoms in total. The first-order valence-corrected chi connectivity index (χ1v) is 7.19. The van der Waals surface area contributed by atoms with E-state index in [1.54, 1.807) is 12.1 Å². The molecule has 1 heterocycles. The maximum absolute atomic E-state index is 9.34. The number of anilines is 1. The molecule has 0 spiro atoms. The monoisotopic (exact) mass is 293 g/mol. The van der Waals surface area contributed by atoms with Crippen LogP contribution in [0.2, 0.25) is 0 Å². The number of imidazole rings is 1. The largest absolute Gasteiger partial charge is 0.508 e. The number of hydrogen-bond donors (Lipinski definition) is 1. The Morgan fingerprint density at radius 3 is 2.32 bits per heavy atom. The second-order valence-electron chi connectivity index (χ2n) is 5.54. The van der Waals surface area contributed by atoms with Crippen LogP contribution in [0, 0.1) is 0 Å². The Kier molecular flexibility index (Phi) is 3.83. The van der Waals surface area contributed by atoms with Gasteiger partial charge in [-0.15, -0.1) is 0 Å². The van der Waals surface area contributed by atoms with Crippen molar-refractivity contribution in [3.8, 4) is 17.0 Å². The second kappa shape index (κ2) is 5.93. The lowest BCUT2D eigenvalue weighted by Crippen LogP contribution is -2.08. The zero-order chi connectivity index (χ0) is 15.5. The molecule has 0 fully saturated rings. The third-order valence-corrected chi connectivity index (χ3v) is 3.61. The summed E-state index contributed by atoms with van der Waals surface area (Å²) in [6.45, 7) is 0.790. The number of phenols is 1. The van der Waals surface area contributed by atoms with E-state index in [2.05, 4.69) is 38.7 Å². The van der Waals surface area contributed by atoms with E-state index in [0.717, 1.165) is 17.8 Å². The van der Waals surface area contributed by atoms with Gasteiger partial charge in [-0.3, -0.25) is 0 Å². The number of rotatable bonds is 4. The molecule has 1 N–H and O–H groups in total. The predicted octanol–water partition coefficient (Wildman–Crippen LogP) is 3.37. The van der Waals surface area contributed by atoms with E-state index < -0.39 is 0 Å². The van der Waals surface area contributed by atoms with Gasteiger partial charge in [-0.1, -0.05) is 12.1 Å². The van der Waals surface area contributed by atoms with Gasteiger partial charge < -0.3 is 14.6 Å². The predicted molar refractivity (Wildman–Crippen MR) is 89.2 cm³/mol. The normalized spacial score (nSPS) is 10.6.